The first-order valence-electron chi connectivity index (χ1n) is 11.4. The molecule has 0 unspecified atom stereocenters. The number of allylic oxidation sites excluding steroid dienone is 1. The van der Waals surface area contributed by atoms with Gasteiger partial charge in [0.05, 0.1) is 29.8 Å². The number of nitrogens with two attached hydrogens (primary N) is 1. The summed E-state index contributed by atoms with van der Waals surface area (Å²) in [6.07, 6.45) is 3.53. The van der Waals surface area contributed by atoms with Crippen LogP contribution in [0.3, 0.4) is 0 Å². The molecule has 178 valence electrons. The van der Waals surface area contributed by atoms with Crippen LogP contribution in [0.1, 0.15) is 16.8 Å². The number of hydrogen-bond acceptors (Lipinski definition) is 6. The fourth-order valence-corrected chi connectivity index (χ4v) is 3.98. The maximum absolute atomic E-state index is 10.1. The van der Waals surface area contributed by atoms with Crippen molar-refractivity contribution < 1.29 is 4.74 Å². The number of hydrogen-bond donors (Lipinski definition) is 1. The Kier molecular flexibility index (Phi) is 6.22. The largest absolute Gasteiger partial charge is 0.497 e. The Bertz CT molecular complexity index is 1670. The van der Waals surface area contributed by atoms with Crippen molar-refractivity contribution in [2.75, 3.05) is 12.8 Å². The van der Waals surface area contributed by atoms with E-state index in [0.717, 1.165) is 17.0 Å². The van der Waals surface area contributed by atoms with Crippen LogP contribution in [0.15, 0.2) is 91.1 Å². The Morgan fingerprint density at radius 2 is 1.54 bits per heavy atom. The number of benzene rings is 3. The van der Waals surface area contributed by atoms with Crippen LogP contribution < -0.4 is 10.5 Å². The summed E-state index contributed by atoms with van der Waals surface area (Å²) in [6.45, 7) is 0. The van der Waals surface area contributed by atoms with Gasteiger partial charge in [-0.2, -0.15) is 20.7 Å². The van der Waals surface area contributed by atoms with Gasteiger partial charge in [-0.25, -0.2) is 9.36 Å². The molecule has 0 atom stereocenters. The molecule has 0 radical (unpaired) electrons. The van der Waals surface area contributed by atoms with E-state index in [4.69, 9.17) is 15.6 Å². The minimum atomic E-state index is 0.137. The van der Waals surface area contributed by atoms with Gasteiger partial charge in [0.25, 0.3) is 0 Å². The van der Waals surface area contributed by atoms with E-state index in [2.05, 4.69) is 17.2 Å². The van der Waals surface area contributed by atoms with Crippen LogP contribution in [-0.4, -0.2) is 26.7 Å². The number of anilines is 1. The number of aromatic nitrogens is 4. The summed E-state index contributed by atoms with van der Waals surface area (Å²) in [5.41, 5.74) is 10.6. The minimum Gasteiger partial charge on any atom is -0.497 e. The quantitative estimate of drug-likeness (QED) is 0.330. The van der Waals surface area contributed by atoms with Gasteiger partial charge in [-0.05, 0) is 54.6 Å². The lowest BCUT2D eigenvalue weighted by Crippen LogP contribution is -2.02. The molecule has 8 heteroatoms. The highest BCUT2D eigenvalue weighted by molar-refractivity contribution is 5.93. The van der Waals surface area contributed by atoms with Crippen LogP contribution in [-0.2, 0) is 0 Å². The third kappa shape index (κ3) is 4.43. The van der Waals surface area contributed by atoms with E-state index < -0.39 is 0 Å². The van der Waals surface area contributed by atoms with Crippen LogP contribution in [0.2, 0.25) is 0 Å². The van der Waals surface area contributed by atoms with Gasteiger partial charge >= 0.3 is 0 Å². The Labute approximate surface area is 213 Å². The Balaban J connectivity index is 1.67. The fourth-order valence-electron chi connectivity index (χ4n) is 3.98. The minimum absolute atomic E-state index is 0.137. The van der Waals surface area contributed by atoms with E-state index in [-0.39, 0.29) is 22.6 Å². The van der Waals surface area contributed by atoms with Gasteiger partial charge in [0.2, 0.25) is 0 Å². The molecule has 0 aliphatic rings. The number of ether oxygens (including phenoxy) is 1. The molecule has 0 fully saturated rings. The third-order valence-corrected chi connectivity index (χ3v) is 5.84. The summed E-state index contributed by atoms with van der Waals surface area (Å²) in [5, 5.41) is 29.3. The molecule has 37 heavy (non-hydrogen) atoms. The molecule has 0 aliphatic heterocycles. The normalized spacial score (nSPS) is 11.1. The Morgan fingerprint density at radius 3 is 2.14 bits per heavy atom. The van der Waals surface area contributed by atoms with E-state index in [1.165, 1.54) is 4.68 Å². The monoisotopic (exact) mass is 483 g/mol. The number of para-hydroxylation sites is 2. The van der Waals surface area contributed by atoms with Gasteiger partial charge in [0.1, 0.15) is 35.0 Å². The van der Waals surface area contributed by atoms with Crippen LogP contribution in [0.25, 0.3) is 34.3 Å². The highest BCUT2D eigenvalue weighted by Crippen LogP contribution is 2.31. The summed E-state index contributed by atoms with van der Waals surface area (Å²) in [6, 6.07) is 30.7. The molecule has 0 aliphatic carbocycles. The molecule has 5 aromatic rings. The van der Waals surface area contributed by atoms with E-state index in [0.29, 0.717) is 16.9 Å². The SMILES string of the molecule is COc1ccc(-c2nn(-c3ccccc3)cc2/C=C(/C#N)c2nn(-c3ccccc3)c(N)c2C#N)cc1. The van der Waals surface area contributed by atoms with Crippen molar-refractivity contribution in [3.05, 3.63) is 108 Å². The van der Waals surface area contributed by atoms with Crippen molar-refractivity contribution in [2.45, 2.75) is 0 Å². The molecule has 0 saturated carbocycles. The van der Waals surface area contributed by atoms with E-state index in [1.807, 2.05) is 91.1 Å². The molecule has 8 nitrogen and oxygen atoms in total. The van der Waals surface area contributed by atoms with Gasteiger partial charge in [0.15, 0.2) is 0 Å². The molecular weight excluding hydrogens is 462 g/mol. The Hall–Kier alpha value is -5.60. The molecule has 5 rings (SSSR count). The van der Waals surface area contributed by atoms with Gasteiger partial charge in [-0.3, -0.25) is 0 Å². The zero-order valence-electron chi connectivity index (χ0n) is 19.9. The van der Waals surface area contributed by atoms with Crippen molar-refractivity contribution in [1.82, 2.24) is 19.6 Å². The highest BCUT2D eigenvalue weighted by atomic mass is 16.5. The number of nitriles is 2. The zero-order chi connectivity index (χ0) is 25.8. The standard InChI is InChI=1S/C29H21N7O/c1-37-25-14-12-20(13-15-25)27-22(19-35(33-27)23-8-4-2-5-9-23)16-21(17-30)28-26(18-31)29(32)36(34-28)24-10-6-3-7-11-24/h2-16,19H,32H2,1H3/b21-16-. The van der Waals surface area contributed by atoms with E-state index in [9.17, 15) is 10.5 Å². The second kappa shape index (κ2) is 9.95. The average molecular weight is 484 g/mol. The molecule has 0 amide bonds. The van der Waals surface area contributed by atoms with Gasteiger partial charge in [0, 0.05) is 17.3 Å². The van der Waals surface area contributed by atoms with Crippen LogP contribution in [0.5, 0.6) is 5.75 Å². The third-order valence-electron chi connectivity index (χ3n) is 5.84. The molecule has 3 aromatic carbocycles. The molecule has 0 bridgehead atoms. The second-order valence-corrected chi connectivity index (χ2v) is 8.08. The van der Waals surface area contributed by atoms with Crippen LogP contribution >= 0.6 is 0 Å². The molecular formula is C29H21N7O. The number of rotatable bonds is 6. The molecule has 2 aromatic heterocycles. The Morgan fingerprint density at radius 1 is 0.892 bits per heavy atom. The summed E-state index contributed by atoms with van der Waals surface area (Å²) in [5.74, 6) is 0.891. The maximum Gasteiger partial charge on any atom is 0.145 e. The average Bonchev–Trinajstić information content (AvgIpc) is 3.53. The van der Waals surface area contributed by atoms with Gasteiger partial charge < -0.3 is 10.5 Å². The first-order chi connectivity index (χ1) is 18.1. The van der Waals surface area contributed by atoms with Crippen LogP contribution in [0, 0.1) is 22.7 Å². The molecule has 0 saturated heterocycles. The number of nitrogen functional groups attached to an aromatic ring is 1. The van der Waals surface area contributed by atoms with Crippen molar-refractivity contribution in [2.24, 2.45) is 0 Å². The maximum atomic E-state index is 10.1. The van der Waals surface area contributed by atoms with Crippen LogP contribution in [0.4, 0.5) is 5.82 Å². The first kappa shape index (κ1) is 23.2. The lowest BCUT2D eigenvalue weighted by molar-refractivity contribution is 0.415. The van der Waals surface area contributed by atoms with Gasteiger partial charge in [-0.15, -0.1) is 0 Å². The summed E-state index contributed by atoms with van der Waals surface area (Å²) < 4.78 is 8.51. The smallest absolute Gasteiger partial charge is 0.145 e. The summed E-state index contributed by atoms with van der Waals surface area (Å²) in [7, 11) is 1.61. The topological polar surface area (TPSA) is 118 Å². The molecule has 2 heterocycles. The lowest BCUT2D eigenvalue weighted by atomic mass is 10.0. The predicted octanol–water partition coefficient (Wildman–Crippen LogP) is 5.25. The van der Waals surface area contributed by atoms with Gasteiger partial charge in [-0.1, -0.05) is 36.4 Å². The fraction of sp³-hybridized carbons (Fsp3) is 0.0345. The molecule has 0 spiro atoms. The second-order valence-electron chi connectivity index (χ2n) is 8.08. The lowest BCUT2D eigenvalue weighted by Gasteiger charge is -2.03. The van der Waals surface area contributed by atoms with Crippen molar-refractivity contribution in [3.63, 3.8) is 0 Å². The number of methoxy groups -OCH3 is 1. The summed E-state index contributed by atoms with van der Waals surface area (Å²) >= 11 is 0. The van der Waals surface area contributed by atoms with E-state index in [1.54, 1.807) is 17.9 Å². The predicted molar refractivity (Wildman–Crippen MR) is 142 cm³/mol. The zero-order valence-corrected chi connectivity index (χ0v) is 19.9. The summed E-state index contributed by atoms with van der Waals surface area (Å²) in [4.78, 5) is 0. The van der Waals surface area contributed by atoms with Crippen molar-refractivity contribution >= 4 is 17.5 Å². The van der Waals surface area contributed by atoms with Crippen molar-refractivity contribution in [3.8, 4) is 40.5 Å². The molecule has 2 N–H and O–H groups in total. The van der Waals surface area contributed by atoms with Crippen molar-refractivity contribution in [1.29, 1.82) is 10.5 Å². The highest BCUT2D eigenvalue weighted by Gasteiger charge is 2.21. The first-order valence-corrected chi connectivity index (χ1v) is 11.4. The number of nitrogens with zero attached hydrogens (tertiary/aromatic N) is 6. The van der Waals surface area contributed by atoms with E-state index >= 15 is 0 Å².